The van der Waals surface area contributed by atoms with E-state index in [4.69, 9.17) is 5.26 Å². The van der Waals surface area contributed by atoms with E-state index in [1.165, 1.54) is 12.8 Å². The van der Waals surface area contributed by atoms with E-state index < -0.39 is 0 Å². The van der Waals surface area contributed by atoms with Crippen LogP contribution < -0.4 is 4.90 Å². The van der Waals surface area contributed by atoms with Crippen molar-refractivity contribution in [1.82, 2.24) is 9.97 Å². The van der Waals surface area contributed by atoms with Crippen LogP contribution in [-0.2, 0) is 0 Å². The van der Waals surface area contributed by atoms with Crippen LogP contribution in [0.25, 0.3) is 0 Å². The first-order valence-corrected chi connectivity index (χ1v) is 6.23. The van der Waals surface area contributed by atoms with E-state index in [1.54, 1.807) is 6.07 Å². The highest BCUT2D eigenvalue weighted by atomic mass is 15.3. The van der Waals surface area contributed by atoms with Crippen LogP contribution >= 0.6 is 0 Å². The molecule has 1 aliphatic carbocycles. The van der Waals surface area contributed by atoms with Gasteiger partial charge in [0.2, 0.25) is 5.95 Å². The molecule has 0 unspecified atom stereocenters. The summed E-state index contributed by atoms with van der Waals surface area (Å²) >= 11 is 0. The van der Waals surface area contributed by atoms with Crippen LogP contribution in [0.15, 0.2) is 6.07 Å². The van der Waals surface area contributed by atoms with Gasteiger partial charge in [-0.15, -0.1) is 0 Å². The van der Waals surface area contributed by atoms with E-state index in [2.05, 4.69) is 27.9 Å². The summed E-state index contributed by atoms with van der Waals surface area (Å²) in [6.45, 7) is 6.06. The lowest BCUT2D eigenvalue weighted by atomic mass is 10.3. The first kappa shape index (κ1) is 11.8. The Hall–Kier alpha value is -1.63. The second kappa shape index (κ2) is 5.13. The van der Waals surface area contributed by atoms with Gasteiger partial charge in [0.25, 0.3) is 0 Å². The normalized spacial score (nSPS) is 14.4. The Bertz CT molecular complexity index is 432. The summed E-state index contributed by atoms with van der Waals surface area (Å²) in [5.41, 5.74) is 1.33. The SMILES string of the molecule is CCCN(CC1CC1)c1nc(C)cc(C#N)n1. The van der Waals surface area contributed by atoms with Gasteiger partial charge in [0, 0.05) is 18.8 Å². The second-order valence-electron chi connectivity index (χ2n) is 4.70. The second-order valence-corrected chi connectivity index (χ2v) is 4.70. The minimum atomic E-state index is 0.462. The third kappa shape index (κ3) is 3.16. The Morgan fingerprint density at radius 1 is 1.47 bits per heavy atom. The standard InChI is InChI=1S/C13H18N4/c1-3-6-17(9-11-4-5-11)13-15-10(2)7-12(8-14)16-13/h7,11H,3-6,9H2,1-2H3. The molecule has 0 amide bonds. The summed E-state index contributed by atoms with van der Waals surface area (Å²) in [5, 5.41) is 8.93. The number of rotatable bonds is 5. The number of hydrogen-bond donors (Lipinski definition) is 0. The number of aromatic nitrogens is 2. The highest BCUT2D eigenvalue weighted by Gasteiger charge is 2.25. The molecule has 90 valence electrons. The Morgan fingerprint density at radius 3 is 2.82 bits per heavy atom. The van der Waals surface area contributed by atoms with Crippen LogP contribution in [0.4, 0.5) is 5.95 Å². The molecule has 0 atom stereocenters. The number of nitrogens with zero attached hydrogens (tertiary/aromatic N) is 4. The van der Waals surface area contributed by atoms with Crippen molar-refractivity contribution < 1.29 is 0 Å². The van der Waals surface area contributed by atoms with Gasteiger partial charge in [-0.25, -0.2) is 9.97 Å². The minimum Gasteiger partial charge on any atom is -0.341 e. The van der Waals surface area contributed by atoms with E-state index >= 15 is 0 Å². The predicted molar refractivity (Wildman–Crippen MR) is 66.7 cm³/mol. The van der Waals surface area contributed by atoms with E-state index in [9.17, 15) is 0 Å². The van der Waals surface area contributed by atoms with E-state index in [0.29, 0.717) is 5.69 Å². The molecule has 0 radical (unpaired) electrons. The summed E-state index contributed by atoms with van der Waals surface area (Å²) in [7, 11) is 0. The van der Waals surface area contributed by atoms with Gasteiger partial charge in [-0.1, -0.05) is 6.92 Å². The molecule has 1 saturated carbocycles. The largest absolute Gasteiger partial charge is 0.341 e. The predicted octanol–water partition coefficient (Wildman–Crippen LogP) is 2.28. The van der Waals surface area contributed by atoms with E-state index in [1.807, 2.05) is 6.92 Å². The summed E-state index contributed by atoms with van der Waals surface area (Å²) in [4.78, 5) is 11.0. The molecule has 1 heterocycles. The number of anilines is 1. The lowest BCUT2D eigenvalue weighted by Crippen LogP contribution is -2.28. The molecular weight excluding hydrogens is 212 g/mol. The fraction of sp³-hybridized carbons (Fsp3) is 0.615. The lowest BCUT2D eigenvalue weighted by molar-refractivity contribution is 0.686. The van der Waals surface area contributed by atoms with Crippen molar-refractivity contribution in [1.29, 1.82) is 5.26 Å². The van der Waals surface area contributed by atoms with Gasteiger partial charge in [0.05, 0.1) is 0 Å². The maximum atomic E-state index is 8.93. The van der Waals surface area contributed by atoms with Crippen molar-refractivity contribution in [3.8, 4) is 6.07 Å². The molecule has 0 N–H and O–H groups in total. The van der Waals surface area contributed by atoms with Crippen molar-refractivity contribution in [3.63, 3.8) is 0 Å². The van der Waals surface area contributed by atoms with E-state index in [0.717, 1.165) is 37.1 Å². The Kier molecular flexibility index (Phi) is 3.58. The molecule has 17 heavy (non-hydrogen) atoms. The molecule has 1 aliphatic rings. The fourth-order valence-corrected chi connectivity index (χ4v) is 1.91. The lowest BCUT2D eigenvalue weighted by Gasteiger charge is -2.22. The first-order chi connectivity index (χ1) is 8.22. The molecule has 0 aliphatic heterocycles. The van der Waals surface area contributed by atoms with Crippen LogP contribution in [-0.4, -0.2) is 23.1 Å². The average Bonchev–Trinajstić information content (AvgIpc) is 3.11. The maximum absolute atomic E-state index is 8.93. The number of aryl methyl sites for hydroxylation is 1. The van der Waals surface area contributed by atoms with Crippen molar-refractivity contribution in [2.24, 2.45) is 5.92 Å². The molecule has 2 rings (SSSR count). The molecule has 0 saturated heterocycles. The first-order valence-electron chi connectivity index (χ1n) is 6.23. The maximum Gasteiger partial charge on any atom is 0.226 e. The molecule has 1 fully saturated rings. The quantitative estimate of drug-likeness (QED) is 0.778. The zero-order chi connectivity index (χ0) is 12.3. The number of hydrogen-bond acceptors (Lipinski definition) is 4. The van der Waals surface area contributed by atoms with Crippen molar-refractivity contribution in [2.75, 3.05) is 18.0 Å². The van der Waals surface area contributed by atoms with Gasteiger partial charge < -0.3 is 4.90 Å². The van der Waals surface area contributed by atoms with Gasteiger partial charge in [-0.2, -0.15) is 5.26 Å². The Morgan fingerprint density at radius 2 is 2.24 bits per heavy atom. The smallest absolute Gasteiger partial charge is 0.226 e. The molecule has 4 nitrogen and oxygen atoms in total. The average molecular weight is 230 g/mol. The minimum absolute atomic E-state index is 0.462. The highest BCUT2D eigenvalue weighted by Crippen LogP contribution is 2.30. The third-order valence-electron chi connectivity index (χ3n) is 2.91. The van der Waals surface area contributed by atoms with Crippen molar-refractivity contribution in [3.05, 3.63) is 17.5 Å². The molecule has 0 spiro atoms. The van der Waals surface area contributed by atoms with E-state index in [-0.39, 0.29) is 0 Å². The van der Waals surface area contributed by atoms with Gasteiger partial charge in [-0.05, 0) is 38.2 Å². The summed E-state index contributed by atoms with van der Waals surface area (Å²) in [6.07, 6.45) is 3.71. The fourth-order valence-electron chi connectivity index (χ4n) is 1.91. The monoisotopic (exact) mass is 230 g/mol. The van der Waals surface area contributed by atoms with Crippen LogP contribution in [0.2, 0.25) is 0 Å². The molecule has 0 bridgehead atoms. The van der Waals surface area contributed by atoms with Gasteiger partial charge in [-0.3, -0.25) is 0 Å². The van der Waals surface area contributed by atoms with Crippen LogP contribution in [0.1, 0.15) is 37.6 Å². The van der Waals surface area contributed by atoms with Crippen LogP contribution in [0.5, 0.6) is 0 Å². The van der Waals surface area contributed by atoms with Gasteiger partial charge >= 0.3 is 0 Å². The topological polar surface area (TPSA) is 52.8 Å². The van der Waals surface area contributed by atoms with Crippen LogP contribution in [0, 0.1) is 24.2 Å². The number of nitriles is 1. The van der Waals surface area contributed by atoms with Crippen molar-refractivity contribution in [2.45, 2.75) is 33.1 Å². The third-order valence-corrected chi connectivity index (χ3v) is 2.91. The summed E-state index contributed by atoms with van der Waals surface area (Å²) in [6, 6.07) is 3.82. The summed E-state index contributed by atoms with van der Waals surface area (Å²) in [5.74, 6) is 1.52. The molecule has 1 aromatic heterocycles. The Balaban J connectivity index is 2.21. The van der Waals surface area contributed by atoms with Crippen molar-refractivity contribution >= 4 is 5.95 Å². The Labute approximate surface area is 102 Å². The molecule has 4 heteroatoms. The van der Waals surface area contributed by atoms with Crippen LogP contribution in [0.3, 0.4) is 0 Å². The highest BCUT2D eigenvalue weighted by molar-refractivity contribution is 5.36. The molecule has 0 aromatic carbocycles. The van der Waals surface area contributed by atoms with Gasteiger partial charge in [0.15, 0.2) is 0 Å². The molecular formula is C13H18N4. The zero-order valence-corrected chi connectivity index (χ0v) is 10.5. The molecule has 1 aromatic rings. The van der Waals surface area contributed by atoms with Gasteiger partial charge in [0.1, 0.15) is 11.8 Å². The summed E-state index contributed by atoms with van der Waals surface area (Å²) < 4.78 is 0. The zero-order valence-electron chi connectivity index (χ0n) is 10.5.